The van der Waals surface area contributed by atoms with Crippen molar-refractivity contribution in [1.82, 2.24) is 9.97 Å². The maximum absolute atomic E-state index is 14.7. The number of ether oxygens (including phenoxy) is 1. The fraction of sp³-hybridized carbons (Fsp3) is 0.286. The Morgan fingerprint density at radius 1 is 1.42 bits per heavy atom. The van der Waals surface area contributed by atoms with Crippen LogP contribution in [0.2, 0.25) is 0 Å². The predicted molar refractivity (Wildman–Crippen MR) is 116 cm³/mol. The van der Waals surface area contributed by atoms with Gasteiger partial charge in [-0.15, -0.1) is 6.42 Å². The number of thioether (sulfide) groups is 1. The Labute approximate surface area is 183 Å². The number of anilines is 1. The van der Waals surface area contributed by atoms with Gasteiger partial charge < -0.3 is 15.8 Å². The van der Waals surface area contributed by atoms with E-state index in [4.69, 9.17) is 16.9 Å². The molecule has 0 saturated carbocycles. The van der Waals surface area contributed by atoms with Crippen LogP contribution in [0.1, 0.15) is 36.3 Å². The highest BCUT2D eigenvalue weighted by molar-refractivity contribution is 8.15. The molecule has 0 saturated heterocycles. The van der Waals surface area contributed by atoms with Crippen molar-refractivity contribution >= 4 is 28.5 Å². The van der Waals surface area contributed by atoms with Crippen LogP contribution < -0.4 is 15.8 Å². The molecule has 0 fully saturated rings. The molecule has 2 heterocycles. The molecular formula is C21H19FN6O2S. The van der Waals surface area contributed by atoms with E-state index in [1.54, 1.807) is 13.8 Å². The number of nitrogens with two attached hydrogens (primary N) is 1. The molecule has 31 heavy (non-hydrogen) atoms. The van der Waals surface area contributed by atoms with Crippen molar-refractivity contribution in [3.63, 3.8) is 0 Å². The number of amides is 1. The van der Waals surface area contributed by atoms with Gasteiger partial charge in [-0.1, -0.05) is 17.7 Å². The van der Waals surface area contributed by atoms with Gasteiger partial charge in [0, 0.05) is 17.7 Å². The normalized spacial score (nSPS) is 22.5. The molecule has 158 valence electrons. The predicted octanol–water partition coefficient (Wildman–Crippen LogP) is 2.83. The first kappa shape index (κ1) is 22.1. The summed E-state index contributed by atoms with van der Waals surface area (Å²) in [5.41, 5.74) is 5.45. The van der Waals surface area contributed by atoms with Crippen LogP contribution in [0.25, 0.3) is 0 Å². The number of aliphatic imine (C=N–C) groups is 1. The number of carbonyl (C=O) groups is 1. The quantitative estimate of drug-likeness (QED) is 0.687. The van der Waals surface area contributed by atoms with E-state index in [1.165, 1.54) is 30.6 Å². The standard InChI is InChI=1S/C21H19FN6O2S/c1-4-7-30-17-10-25-16(9-26-17)18(29)27-13-5-6-15(22)14(8-13)21(3)11-20(2,12-23)31-19(24)28-21/h1,5-6,8-10H,7,11H2,2-3H3,(H2,24,28)(H,27,29)/t20-,21+/m1/s1. The highest BCUT2D eigenvalue weighted by Crippen LogP contribution is 2.45. The van der Waals surface area contributed by atoms with Crippen molar-refractivity contribution < 1.29 is 13.9 Å². The largest absolute Gasteiger partial charge is 0.463 e. The lowest BCUT2D eigenvalue weighted by Gasteiger charge is -2.37. The summed E-state index contributed by atoms with van der Waals surface area (Å²) in [5, 5.41) is 12.4. The van der Waals surface area contributed by atoms with Gasteiger partial charge in [-0.25, -0.2) is 14.4 Å². The Bertz CT molecular complexity index is 1120. The summed E-state index contributed by atoms with van der Waals surface area (Å²) < 4.78 is 19.0. The summed E-state index contributed by atoms with van der Waals surface area (Å²) in [5.74, 6) is 1.44. The zero-order valence-electron chi connectivity index (χ0n) is 16.8. The Hall–Kier alpha value is -3.63. The molecule has 1 aromatic heterocycles. The van der Waals surface area contributed by atoms with Crippen LogP contribution in [-0.4, -0.2) is 32.4 Å². The van der Waals surface area contributed by atoms with Gasteiger partial charge in [-0.2, -0.15) is 5.26 Å². The van der Waals surface area contributed by atoms with Crippen molar-refractivity contribution in [2.24, 2.45) is 10.7 Å². The third kappa shape index (κ3) is 4.93. The summed E-state index contributed by atoms with van der Waals surface area (Å²) in [7, 11) is 0. The Morgan fingerprint density at radius 2 is 2.19 bits per heavy atom. The monoisotopic (exact) mass is 438 g/mol. The van der Waals surface area contributed by atoms with Gasteiger partial charge in [0.25, 0.3) is 5.91 Å². The summed E-state index contributed by atoms with van der Waals surface area (Å²) in [4.78, 5) is 24.9. The number of carbonyl (C=O) groups excluding carboxylic acids is 1. The van der Waals surface area contributed by atoms with E-state index in [-0.39, 0.29) is 35.3 Å². The smallest absolute Gasteiger partial charge is 0.275 e. The van der Waals surface area contributed by atoms with E-state index in [0.717, 1.165) is 11.8 Å². The van der Waals surface area contributed by atoms with Crippen LogP contribution in [0.5, 0.6) is 5.88 Å². The maximum Gasteiger partial charge on any atom is 0.275 e. The third-order valence-corrected chi connectivity index (χ3v) is 5.56. The molecule has 2 aromatic rings. The lowest BCUT2D eigenvalue weighted by Crippen LogP contribution is -2.39. The summed E-state index contributed by atoms with van der Waals surface area (Å²) in [6.07, 6.45) is 7.89. The van der Waals surface area contributed by atoms with E-state index >= 15 is 0 Å². The molecule has 8 nitrogen and oxygen atoms in total. The molecule has 0 spiro atoms. The van der Waals surface area contributed by atoms with E-state index in [1.807, 2.05) is 0 Å². The molecule has 1 aromatic carbocycles. The lowest BCUT2D eigenvalue weighted by molar-refractivity contribution is 0.102. The number of benzene rings is 1. The number of aromatic nitrogens is 2. The number of hydrogen-bond acceptors (Lipinski definition) is 8. The molecule has 0 aliphatic carbocycles. The Balaban J connectivity index is 1.85. The van der Waals surface area contributed by atoms with Gasteiger partial charge in [0.1, 0.15) is 16.3 Å². The molecular weight excluding hydrogens is 419 g/mol. The highest BCUT2D eigenvalue weighted by atomic mass is 32.2. The van der Waals surface area contributed by atoms with E-state index in [0.29, 0.717) is 5.69 Å². The zero-order chi connectivity index (χ0) is 22.6. The fourth-order valence-electron chi connectivity index (χ4n) is 3.28. The van der Waals surface area contributed by atoms with Crippen LogP contribution in [-0.2, 0) is 5.54 Å². The van der Waals surface area contributed by atoms with Crippen molar-refractivity contribution in [2.45, 2.75) is 30.6 Å². The minimum atomic E-state index is -1.07. The molecule has 1 aliphatic heterocycles. The highest BCUT2D eigenvalue weighted by Gasteiger charge is 2.43. The number of nitriles is 1. The van der Waals surface area contributed by atoms with Gasteiger partial charge in [0.05, 0.1) is 24.0 Å². The van der Waals surface area contributed by atoms with Crippen molar-refractivity contribution in [3.8, 4) is 24.3 Å². The first-order valence-electron chi connectivity index (χ1n) is 9.13. The van der Waals surface area contributed by atoms with Gasteiger partial charge in [0.15, 0.2) is 11.8 Å². The number of nitrogens with zero attached hydrogens (tertiary/aromatic N) is 4. The van der Waals surface area contributed by atoms with Crippen LogP contribution in [0.4, 0.5) is 10.1 Å². The Kier molecular flexibility index (Phi) is 6.14. The number of hydrogen-bond donors (Lipinski definition) is 2. The molecule has 10 heteroatoms. The van der Waals surface area contributed by atoms with Crippen molar-refractivity contribution in [3.05, 3.63) is 47.7 Å². The number of rotatable bonds is 5. The topological polar surface area (TPSA) is 126 Å². The second kappa shape index (κ2) is 8.62. The van der Waals surface area contributed by atoms with Gasteiger partial charge in [0.2, 0.25) is 5.88 Å². The molecule has 0 bridgehead atoms. The minimum Gasteiger partial charge on any atom is -0.463 e. The van der Waals surface area contributed by atoms with Crippen molar-refractivity contribution in [1.29, 1.82) is 5.26 Å². The molecule has 3 rings (SSSR count). The number of terminal acetylenes is 1. The van der Waals surface area contributed by atoms with Crippen molar-refractivity contribution in [2.75, 3.05) is 11.9 Å². The average Bonchev–Trinajstić information content (AvgIpc) is 2.73. The van der Waals surface area contributed by atoms with Crippen LogP contribution in [0, 0.1) is 29.5 Å². The fourth-order valence-corrected chi connectivity index (χ4v) is 4.39. The lowest BCUT2D eigenvalue weighted by atomic mass is 9.83. The van der Waals surface area contributed by atoms with Gasteiger partial charge in [-0.3, -0.25) is 9.79 Å². The van der Waals surface area contributed by atoms with E-state index in [9.17, 15) is 14.4 Å². The second-order valence-electron chi connectivity index (χ2n) is 7.23. The maximum atomic E-state index is 14.7. The summed E-state index contributed by atoms with van der Waals surface area (Å²) in [6.45, 7) is 3.48. The SMILES string of the molecule is C#CCOc1cnc(C(=O)Nc2ccc(F)c([C@]3(C)C[C@](C)(C#N)SC(N)=N3)c2)cn1. The number of halogens is 1. The van der Waals surface area contributed by atoms with Gasteiger partial charge >= 0.3 is 0 Å². The van der Waals surface area contributed by atoms with Crippen LogP contribution >= 0.6 is 11.8 Å². The zero-order valence-corrected chi connectivity index (χ0v) is 17.7. The summed E-state index contributed by atoms with van der Waals surface area (Å²) >= 11 is 1.15. The van der Waals surface area contributed by atoms with Crippen LogP contribution in [0.3, 0.4) is 0 Å². The van der Waals surface area contributed by atoms with E-state index < -0.39 is 22.0 Å². The molecule has 1 aliphatic rings. The molecule has 0 unspecified atom stereocenters. The first-order chi connectivity index (χ1) is 14.7. The molecule has 0 radical (unpaired) electrons. The third-order valence-electron chi connectivity index (χ3n) is 4.57. The van der Waals surface area contributed by atoms with Gasteiger partial charge in [-0.05, 0) is 32.0 Å². The number of nitrogens with one attached hydrogen (secondary N) is 1. The Morgan fingerprint density at radius 3 is 2.84 bits per heavy atom. The van der Waals surface area contributed by atoms with E-state index in [2.05, 4.69) is 32.3 Å². The summed E-state index contributed by atoms with van der Waals surface area (Å²) in [6, 6.07) is 6.35. The first-order valence-corrected chi connectivity index (χ1v) is 9.95. The molecule has 1 amide bonds. The minimum absolute atomic E-state index is 0.0354. The molecule has 3 N–H and O–H groups in total. The second-order valence-corrected chi connectivity index (χ2v) is 8.75. The van der Waals surface area contributed by atoms with Crippen LogP contribution in [0.15, 0.2) is 35.6 Å². The number of amidine groups is 1. The average molecular weight is 438 g/mol. The molecule has 2 atom stereocenters.